The summed E-state index contributed by atoms with van der Waals surface area (Å²) in [6.45, 7) is 6.71. The first-order chi connectivity index (χ1) is 15.2. The maximum absolute atomic E-state index is 6.79. The van der Waals surface area contributed by atoms with E-state index in [-0.39, 0.29) is 6.10 Å². The Morgan fingerprint density at radius 2 is 1.16 bits per heavy atom. The average Bonchev–Trinajstić information content (AvgIpc) is 3.09. The molecule has 0 saturated carbocycles. The molecular weight excluding hydrogens is 378 g/mol. The van der Waals surface area contributed by atoms with E-state index in [4.69, 9.17) is 4.84 Å². The lowest BCUT2D eigenvalue weighted by atomic mass is 9.77. The monoisotopic (exact) mass is 403 g/mol. The highest BCUT2D eigenvalue weighted by Crippen LogP contribution is 2.56. The molecule has 1 aliphatic rings. The third-order valence-electron chi connectivity index (χ3n) is 6.10. The van der Waals surface area contributed by atoms with Crippen LogP contribution in [0.2, 0.25) is 0 Å². The van der Waals surface area contributed by atoms with Gasteiger partial charge in [0.25, 0.3) is 0 Å². The molecule has 0 spiro atoms. The highest BCUT2D eigenvalue weighted by atomic mass is 16.7. The van der Waals surface area contributed by atoms with Crippen LogP contribution in [0.25, 0.3) is 5.57 Å². The summed E-state index contributed by atoms with van der Waals surface area (Å²) >= 11 is 0. The van der Waals surface area contributed by atoms with E-state index < -0.39 is 5.54 Å². The fraction of sp³-hybridized carbons (Fsp3) is 0.103. The van der Waals surface area contributed by atoms with Crippen molar-refractivity contribution in [1.82, 2.24) is 0 Å². The molecule has 152 valence electrons. The lowest BCUT2D eigenvalue weighted by Crippen LogP contribution is -2.44. The minimum atomic E-state index is -0.657. The van der Waals surface area contributed by atoms with Crippen LogP contribution in [-0.2, 0) is 10.4 Å². The summed E-state index contributed by atoms with van der Waals surface area (Å²) in [5.74, 6) is 0. The number of anilines is 1. The van der Waals surface area contributed by atoms with Gasteiger partial charge < -0.3 is 0 Å². The number of benzene rings is 4. The molecule has 1 atom stereocenters. The predicted octanol–water partition coefficient (Wildman–Crippen LogP) is 7.16. The predicted molar refractivity (Wildman–Crippen MR) is 128 cm³/mol. The summed E-state index contributed by atoms with van der Waals surface area (Å²) in [5, 5.41) is 2.08. The molecule has 2 nitrogen and oxygen atoms in total. The lowest BCUT2D eigenvalue weighted by Gasteiger charge is -2.42. The SMILES string of the molecule is C=C1c2ccccc2N(OC(C)c2ccccc2)C1(c1ccccc1)c1ccccc1. The molecule has 1 aliphatic heterocycles. The molecule has 5 rings (SSSR count). The molecule has 0 amide bonds. The maximum atomic E-state index is 6.79. The van der Waals surface area contributed by atoms with Gasteiger partial charge in [-0.05, 0) is 35.3 Å². The second-order valence-corrected chi connectivity index (χ2v) is 7.89. The highest BCUT2D eigenvalue weighted by molar-refractivity contribution is 5.93. The van der Waals surface area contributed by atoms with Crippen LogP contribution < -0.4 is 5.06 Å². The maximum Gasteiger partial charge on any atom is 0.142 e. The molecule has 0 aliphatic carbocycles. The topological polar surface area (TPSA) is 12.5 Å². The van der Waals surface area contributed by atoms with Crippen molar-refractivity contribution in [3.8, 4) is 0 Å². The number of hydroxylamine groups is 1. The fourth-order valence-electron chi connectivity index (χ4n) is 4.59. The lowest BCUT2D eigenvalue weighted by molar-refractivity contribution is 0.0222. The minimum absolute atomic E-state index is 0.132. The van der Waals surface area contributed by atoms with E-state index in [2.05, 4.69) is 103 Å². The van der Waals surface area contributed by atoms with Gasteiger partial charge in [-0.2, -0.15) is 0 Å². The average molecular weight is 404 g/mol. The van der Waals surface area contributed by atoms with E-state index >= 15 is 0 Å². The van der Waals surface area contributed by atoms with Crippen molar-refractivity contribution in [3.05, 3.63) is 144 Å². The summed E-state index contributed by atoms with van der Waals surface area (Å²) in [6, 6.07) is 39.8. The van der Waals surface area contributed by atoms with Gasteiger partial charge >= 0.3 is 0 Å². The standard InChI is InChI=1S/C29H25NO/c1-22-27-20-12-13-21-28(27)30(31-23(2)24-14-6-3-7-15-24)29(22,25-16-8-4-9-17-25)26-18-10-5-11-19-26/h3-21,23H,1H2,2H3. The van der Waals surface area contributed by atoms with E-state index in [0.717, 1.165) is 33.5 Å². The molecule has 0 aromatic heterocycles. The quantitative estimate of drug-likeness (QED) is 0.351. The Kier molecular flexibility index (Phi) is 4.93. The molecule has 2 heteroatoms. The first kappa shape index (κ1) is 19.3. The van der Waals surface area contributed by atoms with E-state index in [1.807, 2.05) is 30.3 Å². The molecule has 4 aromatic rings. The normalized spacial score (nSPS) is 15.5. The van der Waals surface area contributed by atoms with Crippen molar-refractivity contribution in [2.24, 2.45) is 0 Å². The zero-order valence-corrected chi connectivity index (χ0v) is 17.6. The smallest absolute Gasteiger partial charge is 0.142 e. The molecule has 31 heavy (non-hydrogen) atoms. The third kappa shape index (κ3) is 3.08. The Balaban J connectivity index is 1.74. The van der Waals surface area contributed by atoms with Gasteiger partial charge in [0.1, 0.15) is 11.6 Å². The Morgan fingerprint density at radius 1 is 0.677 bits per heavy atom. The van der Waals surface area contributed by atoms with Gasteiger partial charge in [0.15, 0.2) is 0 Å². The number of fused-ring (bicyclic) bond motifs is 1. The second-order valence-electron chi connectivity index (χ2n) is 7.89. The van der Waals surface area contributed by atoms with E-state index in [1.54, 1.807) is 0 Å². The van der Waals surface area contributed by atoms with Crippen LogP contribution in [0.5, 0.6) is 0 Å². The number of nitrogens with zero attached hydrogens (tertiary/aromatic N) is 1. The van der Waals surface area contributed by atoms with Crippen molar-refractivity contribution in [2.45, 2.75) is 18.6 Å². The van der Waals surface area contributed by atoms with Gasteiger partial charge in [-0.25, -0.2) is 5.06 Å². The van der Waals surface area contributed by atoms with Crippen LogP contribution in [0.15, 0.2) is 122 Å². The van der Waals surface area contributed by atoms with Gasteiger partial charge in [0.05, 0.1) is 5.69 Å². The van der Waals surface area contributed by atoms with Crippen LogP contribution in [0, 0.1) is 0 Å². The zero-order valence-electron chi connectivity index (χ0n) is 17.6. The Morgan fingerprint density at radius 3 is 1.74 bits per heavy atom. The van der Waals surface area contributed by atoms with Crippen LogP contribution in [0.4, 0.5) is 5.69 Å². The summed E-state index contributed by atoms with van der Waals surface area (Å²) in [7, 11) is 0. The number of rotatable bonds is 5. The van der Waals surface area contributed by atoms with Gasteiger partial charge in [-0.15, -0.1) is 0 Å². The molecule has 4 aromatic carbocycles. The molecule has 0 N–H and O–H groups in total. The van der Waals surface area contributed by atoms with Gasteiger partial charge in [0.2, 0.25) is 0 Å². The summed E-state index contributed by atoms with van der Waals surface area (Å²) in [6.07, 6.45) is -0.132. The first-order valence-corrected chi connectivity index (χ1v) is 10.6. The molecule has 0 radical (unpaired) electrons. The van der Waals surface area contributed by atoms with Crippen molar-refractivity contribution in [1.29, 1.82) is 0 Å². The zero-order chi connectivity index (χ0) is 21.3. The summed E-state index contributed by atoms with van der Waals surface area (Å²) in [5.41, 5.74) is 5.88. The molecular formula is C29H25NO. The molecule has 1 heterocycles. The molecule has 0 saturated heterocycles. The number of para-hydroxylation sites is 1. The molecule has 0 fully saturated rings. The van der Waals surface area contributed by atoms with Crippen molar-refractivity contribution >= 4 is 11.3 Å². The van der Waals surface area contributed by atoms with Gasteiger partial charge in [-0.1, -0.05) is 116 Å². The van der Waals surface area contributed by atoms with Crippen LogP contribution in [0.3, 0.4) is 0 Å². The van der Waals surface area contributed by atoms with Gasteiger partial charge in [0, 0.05) is 5.56 Å². The summed E-state index contributed by atoms with van der Waals surface area (Å²) in [4.78, 5) is 6.79. The second kappa shape index (κ2) is 7.90. The number of hydrogen-bond donors (Lipinski definition) is 0. The Hall–Kier alpha value is -3.62. The largest absolute Gasteiger partial charge is 0.264 e. The van der Waals surface area contributed by atoms with E-state index in [0.29, 0.717) is 0 Å². The van der Waals surface area contributed by atoms with Crippen LogP contribution in [-0.4, -0.2) is 0 Å². The van der Waals surface area contributed by atoms with Crippen LogP contribution >= 0.6 is 0 Å². The highest BCUT2D eigenvalue weighted by Gasteiger charge is 2.51. The third-order valence-corrected chi connectivity index (χ3v) is 6.10. The molecule has 0 bridgehead atoms. The minimum Gasteiger partial charge on any atom is -0.264 e. The van der Waals surface area contributed by atoms with Crippen molar-refractivity contribution in [2.75, 3.05) is 5.06 Å². The number of hydrogen-bond acceptors (Lipinski definition) is 2. The van der Waals surface area contributed by atoms with E-state index in [9.17, 15) is 0 Å². The van der Waals surface area contributed by atoms with Crippen molar-refractivity contribution < 1.29 is 4.84 Å². The van der Waals surface area contributed by atoms with Gasteiger partial charge in [-0.3, -0.25) is 4.84 Å². The van der Waals surface area contributed by atoms with Crippen molar-refractivity contribution in [3.63, 3.8) is 0 Å². The summed E-state index contributed by atoms with van der Waals surface area (Å²) < 4.78 is 0. The van der Waals surface area contributed by atoms with Crippen LogP contribution in [0.1, 0.15) is 35.3 Å². The van der Waals surface area contributed by atoms with E-state index in [1.165, 1.54) is 0 Å². The Bertz CT molecular complexity index is 1150. The fourth-order valence-corrected chi connectivity index (χ4v) is 4.59. The first-order valence-electron chi connectivity index (χ1n) is 10.6. The Labute approximate surface area is 184 Å². The molecule has 1 unspecified atom stereocenters.